The fraction of sp³-hybridized carbons (Fsp3) is 0.409. The molecule has 0 aliphatic carbocycles. The molecule has 1 aliphatic rings. The minimum Gasteiger partial charge on any atom is -0.396 e. The molecule has 8 nitrogen and oxygen atoms in total. The number of piperidine rings is 1. The number of amides is 1. The van der Waals surface area contributed by atoms with Crippen molar-refractivity contribution in [1.29, 1.82) is 0 Å². The van der Waals surface area contributed by atoms with E-state index in [1.165, 1.54) is 6.33 Å². The molecule has 1 fully saturated rings. The normalized spacial score (nSPS) is 16.9. The lowest BCUT2D eigenvalue weighted by molar-refractivity contribution is -0.125. The van der Waals surface area contributed by atoms with Crippen LogP contribution in [0.25, 0.3) is 11.0 Å². The van der Waals surface area contributed by atoms with Gasteiger partial charge in [-0.2, -0.15) is 0 Å². The van der Waals surface area contributed by atoms with Crippen LogP contribution in [0.1, 0.15) is 37.3 Å². The molecule has 1 atom stereocenters. The van der Waals surface area contributed by atoms with Gasteiger partial charge < -0.3 is 21.1 Å². The Morgan fingerprint density at radius 2 is 1.97 bits per heavy atom. The van der Waals surface area contributed by atoms with Gasteiger partial charge in [0.2, 0.25) is 5.91 Å². The first-order valence-corrected chi connectivity index (χ1v) is 10.9. The summed E-state index contributed by atoms with van der Waals surface area (Å²) in [7, 11) is 0. The molecule has 4 rings (SSSR count). The van der Waals surface area contributed by atoms with Crippen LogP contribution >= 0.6 is 11.6 Å². The second-order valence-electron chi connectivity index (χ2n) is 7.95. The van der Waals surface area contributed by atoms with Crippen LogP contribution in [-0.2, 0) is 4.79 Å². The maximum Gasteiger partial charge on any atom is 0.248 e. The van der Waals surface area contributed by atoms with Gasteiger partial charge in [0.1, 0.15) is 17.8 Å². The van der Waals surface area contributed by atoms with E-state index in [1.807, 2.05) is 18.2 Å². The molecule has 0 bridgehead atoms. The molecule has 1 aromatic carbocycles. The minimum absolute atomic E-state index is 0.0210. The van der Waals surface area contributed by atoms with Crippen LogP contribution in [0.15, 0.2) is 42.9 Å². The number of aliphatic hydroxyl groups excluding tert-OH is 1. The fourth-order valence-electron chi connectivity index (χ4n) is 4.18. The van der Waals surface area contributed by atoms with E-state index in [1.54, 1.807) is 23.2 Å². The molecule has 1 saturated heterocycles. The average Bonchev–Trinajstić information content (AvgIpc) is 3.27. The lowest BCUT2D eigenvalue weighted by atomic mass is 9.86. The SMILES string of the molecule is NC1(C(=O)N(c2ncnc3[nH]ccc23)[C@H](CCCO)c2ccc(Cl)cc2)CCNCC1. The third-order valence-electron chi connectivity index (χ3n) is 5.90. The van der Waals surface area contributed by atoms with Gasteiger partial charge in [0.25, 0.3) is 0 Å². The third-order valence-corrected chi connectivity index (χ3v) is 6.16. The number of rotatable bonds is 7. The van der Waals surface area contributed by atoms with E-state index in [2.05, 4.69) is 20.3 Å². The molecule has 0 saturated carbocycles. The molecule has 0 spiro atoms. The van der Waals surface area contributed by atoms with Crippen molar-refractivity contribution in [2.75, 3.05) is 24.6 Å². The van der Waals surface area contributed by atoms with E-state index >= 15 is 0 Å². The molecule has 5 N–H and O–H groups in total. The van der Waals surface area contributed by atoms with E-state index in [-0.39, 0.29) is 18.6 Å². The number of aliphatic hydroxyl groups is 1. The number of fused-ring (bicyclic) bond motifs is 1. The first-order chi connectivity index (χ1) is 15.0. The first kappa shape index (κ1) is 21.7. The second-order valence-corrected chi connectivity index (χ2v) is 8.39. The van der Waals surface area contributed by atoms with Crippen molar-refractivity contribution in [3.8, 4) is 0 Å². The zero-order valence-corrected chi connectivity index (χ0v) is 18.0. The van der Waals surface area contributed by atoms with Crippen LogP contribution in [0.2, 0.25) is 5.02 Å². The van der Waals surface area contributed by atoms with Crippen molar-refractivity contribution in [2.24, 2.45) is 5.73 Å². The highest BCUT2D eigenvalue weighted by Gasteiger charge is 2.42. The summed E-state index contributed by atoms with van der Waals surface area (Å²) in [6.45, 7) is 1.39. The summed E-state index contributed by atoms with van der Waals surface area (Å²) < 4.78 is 0. The van der Waals surface area contributed by atoms with Crippen molar-refractivity contribution >= 4 is 34.4 Å². The van der Waals surface area contributed by atoms with Crippen LogP contribution in [0.5, 0.6) is 0 Å². The Balaban J connectivity index is 1.86. The number of nitrogens with zero attached hydrogens (tertiary/aromatic N) is 3. The second kappa shape index (κ2) is 9.32. The number of carbonyl (C=O) groups excluding carboxylic acids is 1. The predicted octanol–water partition coefficient (Wildman–Crippen LogP) is 2.54. The number of H-pyrrole nitrogens is 1. The molecule has 3 aromatic rings. The van der Waals surface area contributed by atoms with Crippen molar-refractivity contribution < 1.29 is 9.90 Å². The summed E-state index contributed by atoms with van der Waals surface area (Å²) >= 11 is 6.11. The van der Waals surface area contributed by atoms with Crippen molar-refractivity contribution in [1.82, 2.24) is 20.3 Å². The Bertz CT molecular complexity index is 1030. The number of hydrogen-bond donors (Lipinski definition) is 4. The van der Waals surface area contributed by atoms with Gasteiger partial charge in [0, 0.05) is 17.8 Å². The van der Waals surface area contributed by atoms with E-state index in [9.17, 15) is 9.90 Å². The van der Waals surface area contributed by atoms with Crippen LogP contribution in [0.4, 0.5) is 5.82 Å². The van der Waals surface area contributed by atoms with E-state index in [4.69, 9.17) is 17.3 Å². The van der Waals surface area contributed by atoms with Crippen LogP contribution in [0, 0.1) is 0 Å². The highest BCUT2D eigenvalue weighted by atomic mass is 35.5. The Kier molecular flexibility index (Phi) is 6.52. The number of hydrogen-bond acceptors (Lipinski definition) is 6. The molecular formula is C22H27ClN6O2. The van der Waals surface area contributed by atoms with Gasteiger partial charge in [-0.3, -0.25) is 9.69 Å². The molecule has 2 aromatic heterocycles. The molecule has 1 amide bonds. The predicted molar refractivity (Wildman–Crippen MR) is 121 cm³/mol. The van der Waals surface area contributed by atoms with E-state index in [0.29, 0.717) is 55.3 Å². The first-order valence-electron chi connectivity index (χ1n) is 10.5. The number of benzene rings is 1. The van der Waals surface area contributed by atoms with Crippen molar-refractivity contribution in [3.63, 3.8) is 0 Å². The smallest absolute Gasteiger partial charge is 0.248 e. The summed E-state index contributed by atoms with van der Waals surface area (Å²) in [5.41, 5.74) is 7.24. The molecule has 0 unspecified atom stereocenters. The zero-order valence-electron chi connectivity index (χ0n) is 17.2. The van der Waals surface area contributed by atoms with Crippen LogP contribution in [0.3, 0.4) is 0 Å². The molecule has 31 heavy (non-hydrogen) atoms. The summed E-state index contributed by atoms with van der Waals surface area (Å²) in [6.07, 6.45) is 5.38. The number of anilines is 1. The highest BCUT2D eigenvalue weighted by molar-refractivity contribution is 6.30. The quantitative estimate of drug-likeness (QED) is 0.446. The van der Waals surface area contributed by atoms with E-state index < -0.39 is 5.54 Å². The molecule has 1 aliphatic heterocycles. The minimum atomic E-state index is -0.997. The fourth-order valence-corrected chi connectivity index (χ4v) is 4.30. The Morgan fingerprint density at radius 3 is 2.68 bits per heavy atom. The molecular weight excluding hydrogens is 416 g/mol. The number of aromatic amines is 1. The lowest BCUT2D eigenvalue weighted by Gasteiger charge is -2.40. The third kappa shape index (κ3) is 4.43. The van der Waals surface area contributed by atoms with Crippen LogP contribution < -0.4 is 16.0 Å². The summed E-state index contributed by atoms with van der Waals surface area (Å²) in [5, 5.41) is 14.2. The number of aromatic nitrogens is 3. The van der Waals surface area contributed by atoms with Gasteiger partial charge in [-0.1, -0.05) is 23.7 Å². The number of nitrogens with one attached hydrogen (secondary N) is 2. The van der Waals surface area contributed by atoms with Crippen molar-refractivity contribution in [2.45, 2.75) is 37.3 Å². The molecule has 0 radical (unpaired) electrons. The van der Waals surface area contributed by atoms with Crippen LogP contribution in [-0.4, -0.2) is 51.2 Å². The van der Waals surface area contributed by atoms with Gasteiger partial charge >= 0.3 is 0 Å². The lowest BCUT2D eigenvalue weighted by Crippen LogP contribution is -2.60. The van der Waals surface area contributed by atoms with Gasteiger partial charge in [0.15, 0.2) is 0 Å². The van der Waals surface area contributed by atoms with E-state index in [0.717, 1.165) is 10.9 Å². The molecule has 9 heteroatoms. The maximum atomic E-state index is 14.0. The monoisotopic (exact) mass is 442 g/mol. The van der Waals surface area contributed by atoms with Gasteiger partial charge in [-0.25, -0.2) is 9.97 Å². The number of nitrogens with two attached hydrogens (primary N) is 1. The number of halogens is 1. The summed E-state index contributed by atoms with van der Waals surface area (Å²) in [4.78, 5) is 27.6. The molecule has 164 valence electrons. The van der Waals surface area contributed by atoms with Gasteiger partial charge in [-0.05, 0) is 62.5 Å². The standard InChI is InChI=1S/C22H27ClN6O2/c23-16-5-3-15(4-6-16)18(2-1-13-30)29(21(31)22(24)8-11-25-12-9-22)20-17-7-10-26-19(17)27-14-28-20/h3-7,10,14,18,25,30H,1-2,8-9,11-13,24H2,(H,26,27,28)/t18-/m1/s1. The molecule has 3 heterocycles. The largest absolute Gasteiger partial charge is 0.396 e. The van der Waals surface area contributed by atoms with Crippen molar-refractivity contribution in [3.05, 3.63) is 53.4 Å². The average molecular weight is 443 g/mol. The highest BCUT2D eigenvalue weighted by Crippen LogP contribution is 2.36. The maximum absolute atomic E-state index is 14.0. The van der Waals surface area contributed by atoms with Gasteiger partial charge in [-0.15, -0.1) is 0 Å². The summed E-state index contributed by atoms with van der Waals surface area (Å²) in [5.74, 6) is 0.339. The topological polar surface area (TPSA) is 120 Å². The van der Waals surface area contributed by atoms with Gasteiger partial charge in [0.05, 0.1) is 17.0 Å². The Labute approximate surface area is 185 Å². The Morgan fingerprint density at radius 1 is 1.23 bits per heavy atom. The number of carbonyl (C=O) groups is 1. The summed E-state index contributed by atoms with van der Waals surface area (Å²) in [6, 6.07) is 8.93. The zero-order chi connectivity index (χ0) is 21.8. The Hall–Kier alpha value is -2.52.